The van der Waals surface area contributed by atoms with Crippen LogP contribution in [0.15, 0.2) is 18.3 Å². The molecule has 4 heterocycles. The summed E-state index contributed by atoms with van der Waals surface area (Å²) in [5, 5.41) is 12.4. The Labute approximate surface area is 157 Å². The maximum Gasteiger partial charge on any atom is 0.227 e. The number of nitrogens with zero attached hydrogens (tertiary/aromatic N) is 5. The van der Waals surface area contributed by atoms with E-state index in [1.165, 1.54) is 12.5 Å². The first-order valence-electron chi connectivity index (χ1n) is 9.28. The minimum absolute atomic E-state index is 0.135. The lowest BCUT2D eigenvalue weighted by Crippen LogP contribution is -2.51. The van der Waals surface area contributed by atoms with E-state index in [0.29, 0.717) is 24.9 Å². The maximum atomic E-state index is 11.4. The van der Waals surface area contributed by atoms with Gasteiger partial charge in [-0.1, -0.05) is 0 Å². The second kappa shape index (κ2) is 5.63. The Kier molecular flexibility index (Phi) is 3.42. The van der Waals surface area contributed by atoms with Crippen LogP contribution in [0.25, 0.3) is 0 Å². The van der Waals surface area contributed by atoms with Crippen molar-refractivity contribution in [3.05, 3.63) is 29.6 Å². The minimum atomic E-state index is -0.300. The summed E-state index contributed by atoms with van der Waals surface area (Å²) in [6, 6.07) is 3.93. The second-order valence-electron chi connectivity index (χ2n) is 7.86. The maximum absolute atomic E-state index is 11.4. The third kappa shape index (κ3) is 2.71. The molecule has 8 heteroatoms. The smallest absolute Gasteiger partial charge is 0.227 e. The first-order chi connectivity index (χ1) is 12.9. The lowest BCUT2D eigenvalue weighted by atomic mass is 10.0. The van der Waals surface area contributed by atoms with E-state index in [1.54, 1.807) is 0 Å². The summed E-state index contributed by atoms with van der Waals surface area (Å²) in [6.07, 6.45) is 3.89. The average Bonchev–Trinajstić information content (AvgIpc) is 3.28. The lowest BCUT2D eigenvalue weighted by Gasteiger charge is -2.36. The number of fused-ring (bicyclic) bond motifs is 2. The number of carbonyl (C=O) groups is 1. The average molecular weight is 366 g/mol. The van der Waals surface area contributed by atoms with Crippen molar-refractivity contribution < 1.29 is 9.90 Å². The molecule has 1 saturated carbocycles. The Morgan fingerprint density at radius 2 is 2.07 bits per heavy atom. The fraction of sp³-hybridized carbons (Fsp3) is 0.474. The predicted octanol–water partition coefficient (Wildman–Crippen LogP) is 1.50. The topological polar surface area (TPSA) is 94.5 Å². The van der Waals surface area contributed by atoms with Crippen molar-refractivity contribution in [2.75, 3.05) is 34.8 Å². The third-order valence-electron chi connectivity index (χ3n) is 5.61. The Morgan fingerprint density at radius 1 is 1.30 bits per heavy atom. The highest BCUT2D eigenvalue weighted by molar-refractivity contribution is 5.89. The molecule has 5 rings (SSSR count). The lowest BCUT2D eigenvalue weighted by molar-refractivity contribution is -0.114. The summed E-state index contributed by atoms with van der Waals surface area (Å²) >= 11 is 0. The number of pyridine rings is 1. The molecule has 0 aromatic carbocycles. The molecule has 3 aliphatic rings. The van der Waals surface area contributed by atoms with Gasteiger partial charge in [-0.3, -0.25) is 4.79 Å². The van der Waals surface area contributed by atoms with Crippen molar-refractivity contribution in [2.45, 2.75) is 38.2 Å². The van der Waals surface area contributed by atoms with Gasteiger partial charge in [0.1, 0.15) is 11.6 Å². The molecule has 0 unspecified atom stereocenters. The molecule has 2 aromatic rings. The molecule has 0 bridgehead atoms. The van der Waals surface area contributed by atoms with Crippen LogP contribution in [-0.4, -0.2) is 51.7 Å². The van der Waals surface area contributed by atoms with Gasteiger partial charge in [-0.05, 0) is 19.8 Å². The van der Waals surface area contributed by atoms with Gasteiger partial charge in [0, 0.05) is 61.6 Å². The quantitative estimate of drug-likeness (QED) is 0.850. The number of carbonyl (C=O) groups excluding carboxylic acids is 1. The number of aliphatic hydroxyl groups is 1. The molecule has 27 heavy (non-hydrogen) atoms. The molecule has 1 spiro atoms. The van der Waals surface area contributed by atoms with Gasteiger partial charge in [-0.2, -0.15) is 4.98 Å². The number of aryl methyl sites for hydroxylation is 1. The number of β-amino-alcohol motifs (C(OH)–C–C–N with tert-alkyl or cyclic N) is 1. The Balaban J connectivity index is 1.54. The molecule has 2 aromatic heterocycles. The van der Waals surface area contributed by atoms with Gasteiger partial charge in [0.15, 0.2) is 0 Å². The van der Waals surface area contributed by atoms with Crippen LogP contribution < -0.4 is 15.1 Å². The predicted molar refractivity (Wildman–Crippen MR) is 101 cm³/mol. The molecule has 0 atom stereocenters. The molecule has 2 aliphatic heterocycles. The molecular weight excluding hydrogens is 344 g/mol. The van der Waals surface area contributed by atoms with Crippen LogP contribution in [0, 0.1) is 6.92 Å². The minimum Gasteiger partial charge on any atom is -0.389 e. The van der Waals surface area contributed by atoms with Crippen LogP contribution in [0.2, 0.25) is 0 Å². The number of hydrogen-bond acceptors (Lipinski definition) is 7. The van der Waals surface area contributed by atoms with Crippen molar-refractivity contribution in [3.8, 4) is 0 Å². The first kappa shape index (κ1) is 16.4. The van der Waals surface area contributed by atoms with Crippen LogP contribution in [0.5, 0.6) is 0 Å². The summed E-state index contributed by atoms with van der Waals surface area (Å²) in [4.78, 5) is 29.4. The third-order valence-corrected chi connectivity index (χ3v) is 5.61. The first-order valence-corrected chi connectivity index (χ1v) is 9.28. The number of rotatable bonds is 3. The zero-order valence-corrected chi connectivity index (χ0v) is 15.4. The van der Waals surface area contributed by atoms with Crippen molar-refractivity contribution >= 4 is 29.2 Å². The highest BCUT2D eigenvalue weighted by Crippen LogP contribution is 2.58. The van der Waals surface area contributed by atoms with E-state index in [4.69, 9.17) is 4.98 Å². The molecule has 1 amide bonds. The van der Waals surface area contributed by atoms with E-state index in [9.17, 15) is 9.90 Å². The highest BCUT2D eigenvalue weighted by Gasteiger charge is 2.52. The summed E-state index contributed by atoms with van der Waals surface area (Å²) in [5.41, 5.74) is 3.34. The van der Waals surface area contributed by atoms with Gasteiger partial charge in [-0.15, -0.1) is 0 Å². The van der Waals surface area contributed by atoms with E-state index < -0.39 is 0 Å². The normalized spacial score (nSPS) is 19.8. The highest BCUT2D eigenvalue weighted by atomic mass is 16.3. The van der Waals surface area contributed by atoms with Gasteiger partial charge in [0.05, 0.1) is 11.8 Å². The summed E-state index contributed by atoms with van der Waals surface area (Å²) in [5.74, 6) is 1.93. The number of hydrogen-bond donors (Lipinski definition) is 2. The summed E-state index contributed by atoms with van der Waals surface area (Å²) in [7, 11) is 0. The number of anilines is 4. The van der Waals surface area contributed by atoms with Gasteiger partial charge >= 0.3 is 0 Å². The van der Waals surface area contributed by atoms with E-state index in [1.807, 2.05) is 30.2 Å². The van der Waals surface area contributed by atoms with Crippen LogP contribution in [-0.2, 0) is 10.2 Å². The molecule has 1 aliphatic carbocycles. The largest absolute Gasteiger partial charge is 0.389 e. The molecule has 1 saturated heterocycles. The SMILES string of the molecule is CC(=O)Nc1cc2c(cn1)C1(CC1)CN2c1cc(C)nc(N2CC(O)C2)n1. The standard InChI is InChI=1S/C19H22N6O2/c1-11-5-17(23-18(21-11)24-8-13(27)9-24)25-10-19(3-4-19)14-7-20-16(6-15(14)25)22-12(2)26/h5-7,13,27H,3-4,8-10H2,1-2H3,(H,20,22,26). The van der Waals surface area contributed by atoms with E-state index in [0.717, 1.165) is 36.6 Å². The monoisotopic (exact) mass is 366 g/mol. The molecule has 8 nitrogen and oxygen atoms in total. The van der Waals surface area contributed by atoms with Gasteiger partial charge in [-0.25, -0.2) is 9.97 Å². The zero-order chi connectivity index (χ0) is 18.8. The molecule has 140 valence electrons. The van der Waals surface area contributed by atoms with E-state index in [2.05, 4.69) is 20.2 Å². The number of aromatic nitrogens is 3. The van der Waals surface area contributed by atoms with Crippen LogP contribution >= 0.6 is 0 Å². The van der Waals surface area contributed by atoms with Crippen LogP contribution in [0.1, 0.15) is 31.0 Å². The van der Waals surface area contributed by atoms with E-state index in [-0.39, 0.29) is 17.4 Å². The van der Waals surface area contributed by atoms with Crippen LogP contribution in [0.3, 0.4) is 0 Å². The van der Waals surface area contributed by atoms with Crippen molar-refractivity contribution in [2.24, 2.45) is 0 Å². The Bertz CT molecular complexity index is 936. The molecule has 2 N–H and O–H groups in total. The van der Waals surface area contributed by atoms with Crippen molar-refractivity contribution in [3.63, 3.8) is 0 Å². The Morgan fingerprint density at radius 3 is 2.74 bits per heavy atom. The number of nitrogens with one attached hydrogen (secondary N) is 1. The fourth-order valence-corrected chi connectivity index (χ4v) is 4.02. The van der Waals surface area contributed by atoms with E-state index >= 15 is 0 Å². The number of amides is 1. The van der Waals surface area contributed by atoms with Gasteiger partial charge in [0.25, 0.3) is 0 Å². The molecular formula is C19H22N6O2. The van der Waals surface area contributed by atoms with Crippen molar-refractivity contribution in [1.29, 1.82) is 0 Å². The van der Waals surface area contributed by atoms with Gasteiger partial charge in [0.2, 0.25) is 11.9 Å². The zero-order valence-electron chi connectivity index (χ0n) is 15.4. The molecule has 0 radical (unpaired) electrons. The summed E-state index contributed by atoms with van der Waals surface area (Å²) in [6.45, 7) is 5.45. The summed E-state index contributed by atoms with van der Waals surface area (Å²) < 4.78 is 0. The number of aliphatic hydroxyl groups excluding tert-OH is 1. The molecule has 2 fully saturated rings. The van der Waals surface area contributed by atoms with Crippen LogP contribution in [0.4, 0.5) is 23.3 Å². The van der Waals surface area contributed by atoms with Gasteiger partial charge < -0.3 is 20.2 Å². The fourth-order valence-electron chi connectivity index (χ4n) is 4.02. The van der Waals surface area contributed by atoms with Crippen molar-refractivity contribution in [1.82, 2.24) is 15.0 Å². The Hall–Kier alpha value is -2.74. The second-order valence-corrected chi connectivity index (χ2v) is 7.86.